The van der Waals surface area contributed by atoms with Crippen LogP contribution in [-0.4, -0.2) is 55.8 Å². The third kappa shape index (κ3) is 3.51. The van der Waals surface area contributed by atoms with Crippen LogP contribution >= 0.6 is 0 Å². The molecular formula is C15H21N3O3. The van der Waals surface area contributed by atoms with Crippen molar-refractivity contribution in [3.8, 4) is 0 Å². The third-order valence-electron chi connectivity index (χ3n) is 4.33. The lowest BCUT2D eigenvalue weighted by molar-refractivity contribution is -0.384. The van der Waals surface area contributed by atoms with E-state index in [0.29, 0.717) is 5.92 Å². The molecule has 21 heavy (non-hydrogen) atoms. The zero-order valence-electron chi connectivity index (χ0n) is 12.1. The number of rotatable bonds is 4. The topological polar surface area (TPSA) is 58.9 Å². The lowest BCUT2D eigenvalue weighted by Crippen LogP contribution is -2.39. The molecule has 2 aliphatic rings. The maximum atomic E-state index is 10.7. The van der Waals surface area contributed by atoms with Gasteiger partial charge in [-0.3, -0.25) is 15.0 Å². The molecule has 0 bridgehead atoms. The van der Waals surface area contributed by atoms with Gasteiger partial charge < -0.3 is 9.64 Å². The molecule has 0 radical (unpaired) electrons. The molecule has 2 saturated heterocycles. The number of hydrogen-bond donors (Lipinski definition) is 0. The van der Waals surface area contributed by atoms with Crippen LogP contribution in [0.25, 0.3) is 0 Å². The number of nitro benzene ring substituents is 1. The van der Waals surface area contributed by atoms with Crippen molar-refractivity contribution in [2.75, 3.05) is 50.8 Å². The van der Waals surface area contributed by atoms with E-state index in [1.165, 1.54) is 6.42 Å². The van der Waals surface area contributed by atoms with Gasteiger partial charge in [0.2, 0.25) is 0 Å². The summed E-state index contributed by atoms with van der Waals surface area (Å²) in [7, 11) is 0. The highest BCUT2D eigenvalue weighted by atomic mass is 16.6. The van der Waals surface area contributed by atoms with E-state index in [-0.39, 0.29) is 10.6 Å². The minimum Gasteiger partial charge on any atom is -0.379 e. The largest absolute Gasteiger partial charge is 0.379 e. The smallest absolute Gasteiger partial charge is 0.269 e. The molecule has 0 unspecified atom stereocenters. The molecule has 2 heterocycles. The molecule has 3 rings (SSSR count). The van der Waals surface area contributed by atoms with E-state index >= 15 is 0 Å². The van der Waals surface area contributed by atoms with Gasteiger partial charge in [-0.2, -0.15) is 0 Å². The van der Waals surface area contributed by atoms with E-state index in [2.05, 4.69) is 9.80 Å². The second-order valence-electron chi connectivity index (χ2n) is 5.79. The zero-order valence-corrected chi connectivity index (χ0v) is 12.1. The lowest BCUT2D eigenvalue weighted by atomic mass is 10.1. The van der Waals surface area contributed by atoms with Gasteiger partial charge in [-0.25, -0.2) is 0 Å². The van der Waals surface area contributed by atoms with Gasteiger partial charge in [0.25, 0.3) is 5.69 Å². The van der Waals surface area contributed by atoms with Crippen LogP contribution in [0.5, 0.6) is 0 Å². The Bertz CT molecular complexity index is 485. The highest BCUT2D eigenvalue weighted by Crippen LogP contribution is 2.26. The van der Waals surface area contributed by atoms with Crippen molar-refractivity contribution in [1.29, 1.82) is 0 Å². The number of benzene rings is 1. The van der Waals surface area contributed by atoms with Crippen molar-refractivity contribution < 1.29 is 9.66 Å². The van der Waals surface area contributed by atoms with Crippen molar-refractivity contribution >= 4 is 11.4 Å². The number of anilines is 1. The van der Waals surface area contributed by atoms with Crippen LogP contribution in [0.1, 0.15) is 6.42 Å². The minimum atomic E-state index is -0.352. The molecule has 1 atom stereocenters. The Balaban J connectivity index is 1.54. The van der Waals surface area contributed by atoms with Crippen molar-refractivity contribution in [2.24, 2.45) is 5.92 Å². The molecule has 1 aromatic rings. The van der Waals surface area contributed by atoms with Gasteiger partial charge in [-0.15, -0.1) is 0 Å². The molecule has 0 saturated carbocycles. The van der Waals surface area contributed by atoms with Crippen molar-refractivity contribution in [3.63, 3.8) is 0 Å². The van der Waals surface area contributed by atoms with Gasteiger partial charge in [0, 0.05) is 50.5 Å². The minimum absolute atomic E-state index is 0.155. The predicted octanol–water partition coefficient (Wildman–Crippen LogP) is 1.75. The molecule has 114 valence electrons. The molecule has 6 heteroatoms. The van der Waals surface area contributed by atoms with Crippen LogP contribution in [0.4, 0.5) is 11.4 Å². The van der Waals surface area contributed by atoms with Gasteiger partial charge in [-0.1, -0.05) is 0 Å². The molecule has 0 N–H and O–H groups in total. The molecule has 0 spiro atoms. The lowest BCUT2D eigenvalue weighted by Gasteiger charge is -2.29. The highest BCUT2D eigenvalue weighted by molar-refractivity contribution is 5.51. The van der Waals surface area contributed by atoms with Crippen molar-refractivity contribution in [1.82, 2.24) is 4.90 Å². The van der Waals surface area contributed by atoms with Crippen molar-refractivity contribution in [2.45, 2.75) is 6.42 Å². The fourth-order valence-electron chi connectivity index (χ4n) is 3.15. The van der Waals surface area contributed by atoms with Crippen LogP contribution in [0.2, 0.25) is 0 Å². The molecule has 0 aromatic heterocycles. The van der Waals surface area contributed by atoms with E-state index in [9.17, 15) is 10.1 Å². The Morgan fingerprint density at radius 3 is 2.57 bits per heavy atom. The number of hydrogen-bond acceptors (Lipinski definition) is 5. The summed E-state index contributed by atoms with van der Waals surface area (Å²) in [5, 5.41) is 10.7. The second-order valence-corrected chi connectivity index (χ2v) is 5.79. The van der Waals surface area contributed by atoms with Gasteiger partial charge in [0.1, 0.15) is 0 Å². The van der Waals surface area contributed by atoms with Gasteiger partial charge in [-0.05, 0) is 24.5 Å². The normalized spacial score (nSPS) is 23.4. The summed E-state index contributed by atoms with van der Waals surface area (Å²) in [6, 6.07) is 6.89. The van der Waals surface area contributed by atoms with Gasteiger partial charge in [0.05, 0.1) is 18.1 Å². The SMILES string of the molecule is O=[N+]([O-])c1ccc(N2CC[C@@H](CN3CCOCC3)C2)cc1. The molecular weight excluding hydrogens is 270 g/mol. The van der Waals surface area contributed by atoms with Gasteiger partial charge in [0.15, 0.2) is 0 Å². The number of morpholine rings is 1. The quantitative estimate of drug-likeness (QED) is 0.625. The molecule has 2 aliphatic heterocycles. The number of nitro groups is 1. The fourth-order valence-corrected chi connectivity index (χ4v) is 3.15. The standard InChI is InChI=1S/C15H21N3O3/c19-18(20)15-3-1-14(2-4-15)17-6-5-13(12-17)11-16-7-9-21-10-8-16/h1-4,13H,5-12H2/t13-/m0/s1. The summed E-state index contributed by atoms with van der Waals surface area (Å²) in [5.74, 6) is 0.679. The average molecular weight is 291 g/mol. The van der Waals surface area contributed by atoms with Gasteiger partial charge >= 0.3 is 0 Å². The Morgan fingerprint density at radius 1 is 1.19 bits per heavy atom. The van der Waals surface area contributed by atoms with Crippen molar-refractivity contribution in [3.05, 3.63) is 34.4 Å². The monoisotopic (exact) mass is 291 g/mol. The van der Waals surface area contributed by atoms with E-state index in [1.54, 1.807) is 12.1 Å². The van der Waals surface area contributed by atoms with Crippen LogP contribution in [0, 0.1) is 16.0 Å². The van der Waals surface area contributed by atoms with E-state index in [1.807, 2.05) is 12.1 Å². The Morgan fingerprint density at radius 2 is 1.90 bits per heavy atom. The van der Waals surface area contributed by atoms with E-state index in [4.69, 9.17) is 4.74 Å². The summed E-state index contributed by atoms with van der Waals surface area (Å²) in [5.41, 5.74) is 1.24. The summed E-state index contributed by atoms with van der Waals surface area (Å²) < 4.78 is 5.38. The summed E-state index contributed by atoms with van der Waals surface area (Å²) in [6.45, 7) is 6.97. The first-order chi connectivity index (χ1) is 10.2. The molecule has 6 nitrogen and oxygen atoms in total. The number of non-ortho nitro benzene ring substituents is 1. The fraction of sp³-hybridized carbons (Fsp3) is 0.600. The first-order valence-corrected chi connectivity index (χ1v) is 7.52. The zero-order chi connectivity index (χ0) is 14.7. The Kier molecular flexibility index (Phi) is 4.36. The van der Waals surface area contributed by atoms with Crippen LogP contribution in [0.3, 0.4) is 0 Å². The Hall–Kier alpha value is -1.66. The van der Waals surface area contributed by atoms with E-state index < -0.39 is 0 Å². The summed E-state index contributed by atoms with van der Waals surface area (Å²) in [4.78, 5) is 15.1. The molecule has 1 aromatic carbocycles. The van der Waals surface area contributed by atoms with Crippen LogP contribution in [0.15, 0.2) is 24.3 Å². The maximum Gasteiger partial charge on any atom is 0.269 e. The third-order valence-corrected chi connectivity index (χ3v) is 4.33. The second kappa shape index (κ2) is 6.41. The highest BCUT2D eigenvalue weighted by Gasteiger charge is 2.25. The first kappa shape index (κ1) is 14.3. The summed E-state index contributed by atoms with van der Waals surface area (Å²) >= 11 is 0. The first-order valence-electron chi connectivity index (χ1n) is 7.52. The van der Waals surface area contributed by atoms with Crippen LogP contribution < -0.4 is 4.90 Å². The van der Waals surface area contributed by atoms with E-state index in [0.717, 1.165) is 51.6 Å². The molecule has 0 amide bonds. The average Bonchev–Trinajstić information content (AvgIpc) is 2.97. The van der Waals surface area contributed by atoms with Crippen LogP contribution in [-0.2, 0) is 4.74 Å². The molecule has 0 aliphatic carbocycles. The Labute approximate surface area is 124 Å². The maximum absolute atomic E-state index is 10.7. The summed E-state index contributed by atoms with van der Waals surface area (Å²) in [6.07, 6.45) is 1.19. The number of nitrogens with zero attached hydrogens (tertiary/aromatic N) is 3. The predicted molar refractivity (Wildman–Crippen MR) is 80.7 cm³/mol. The number of ether oxygens (including phenoxy) is 1. The molecule has 2 fully saturated rings.